The summed E-state index contributed by atoms with van der Waals surface area (Å²) in [6, 6.07) is 10.4. The summed E-state index contributed by atoms with van der Waals surface area (Å²) in [5, 5.41) is 3.44. The maximum Gasteiger partial charge on any atom is 0.260 e. The van der Waals surface area contributed by atoms with Gasteiger partial charge in [-0.25, -0.2) is 9.37 Å². The molecule has 2 aliphatic rings. The molecule has 7 nitrogen and oxygen atoms in total. The molecule has 1 aliphatic carbocycles. The number of halogens is 1. The lowest BCUT2D eigenvalue weighted by atomic mass is 10.0. The quantitative estimate of drug-likeness (QED) is 0.613. The van der Waals surface area contributed by atoms with Crippen LogP contribution in [0.25, 0.3) is 11.3 Å². The van der Waals surface area contributed by atoms with Crippen LogP contribution in [0.3, 0.4) is 0 Å². The number of amides is 1. The maximum absolute atomic E-state index is 14.8. The van der Waals surface area contributed by atoms with Crippen molar-refractivity contribution in [3.05, 3.63) is 65.1 Å². The first-order valence-electron chi connectivity index (χ1n) is 11.1. The SMILES string of the molecule is COc1cccc(F)c1-c1nccc2c1CN(c1cc(C)cc(N[C@@H]3CCC[C@@H]3N)n1)C2=O. The van der Waals surface area contributed by atoms with Crippen LogP contribution >= 0.6 is 0 Å². The highest BCUT2D eigenvalue weighted by molar-refractivity contribution is 6.10. The molecule has 1 aliphatic heterocycles. The van der Waals surface area contributed by atoms with Gasteiger partial charge < -0.3 is 15.8 Å². The van der Waals surface area contributed by atoms with E-state index in [1.807, 2.05) is 19.1 Å². The second-order valence-corrected chi connectivity index (χ2v) is 8.63. The molecule has 8 heteroatoms. The molecular weight excluding hydrogens is 421 g/mol. The Morgan fingerprint density at radius 2 is 2.09 bits per heavy atom. The maximum atomic E-state index is 14.8. The van der Waals surface area contributed by atoms with Crippen LogP contribution < -0.4 is 20.7 Å². The number of pyridine rings is 2. The van der Waals surface area contributed by atoms with E-state index in [0.29, 0.717) is 34.2 Å². The number of methoxy groups -OCH3 is 1. The number of carbonyl (C=O) groups is 1. The summed E-state index contributed by atoms with van der Waals surface area (Å²) in [7, 11) is 1.49. The minimum Gasteiger partial charge on any atom is -0.496 e. The van der Waals surface area contributed by atoms with Crippen LogP contribution in [0.4, 0.5) is 16.0 Å². The van der Waals surface area contributed by atoms with Crippen LogP contribution in [-0.4, -0.2) is 35.1 Å². The van der Waals surface area contributed by atoms with E-state index >= 15 is 0 Å². The normalized spacial score (nSPS) is 19.6. The number of fused-ring (bicyclic) bond motifs is 1. The van der Waals surface area contributed by atoms with Crippen molar-refractivity contribution < 1.29 is 13.9 Å². The summed E-state index contributed by atoms with van der Waals surface area (Å²) in [6.07, 6.45) is 4.61. The van der Waals surface area contributed by atoms with Gasteiger partial charge in [-0.2, -0.15) is 0 Å². The van der Waals surface area contributed by atoms with Crippen LogP contribution in [0.1, 0.15) is 40.7 Å². The van der Waals surface area contributed by atoms with Gasteiger partial charge in [0.25, 0.3) is 5.91 Å². The van der Waals surface area contributed by atoms with Gasteiger partial charge in [-0.1, -0.05) is 6.07 Å². The van der Waals surface area contributed by atoms with Gasteiger partial charge >= 0.3 is 0 Å². The summed E-state index contributed by atoms with van der Waals surface area (Å²) < 4.78 is 20.2. The van der Waals surface area contributed by atoms with Crippen molar-refractivity contribution in [2.24, 2.45) is 5.73 Å². The average Bonchev–Trinajstić information content (AvgIpc) is 3.36. The molecule has 2 aromatic heterocycles. The second-order valence-electron chi connectivity index (χ2n) is 8.63. The topological polar surface area (TPSA) is 93.4 Å². The zero-order valence-corrected chi connectivity index (χ0v) is 18.6. The number of hydrogen-bond donors (Lipinski definition) is 2. The van der Waals surface area contributed by atoms with Crippen molar-refractivity contribution in [3.63, 3.8) is 0 Å². The van der Waals surface area contributed by atoms with Gasteiger partial charge in [-0.05, 0) is 62.1 Å². The van der Waals surface area contributed by atoms with Gasteiger partial charge in [0.05, 0.1) is 24.9 Å². The van der Waals surface area contributed by atoms with Crippen molar-refractivity contribution in [3.8, 4) is 17.0 Å². The van der Waals surface area contributed by atoms with Crippen LogP contribution in [0.5, 0.6) is 5.75 Å². The fourth-order valence-electron chi connectivity index (χ4n) is 4.75. The fraction of sp³-hybridized carbons (Fsp3) is 0.320. The number of aromatic nitrogens is 2. The number of aryl methyl sites for hydroxylation is 1. The molecule has 170 valence electrons. The lowest BCUT2D eigenvalue weighted by Crippen LogP contribution is -2.35. The first-order chi connectivity index (χ1) is 16.0. The van der Waals surface area contributed by atoms with Crippen molar-refractivity contribution in [2.45, 2.75) is 44.8 Å². The Morgan fingerprint density at radius 3 is 2.85 bits per heavy atom. The molecule has 1 amide bonds. The van der Waals surface area contributed by atoms with E-state index in [2.05, 4.69) is 10.3 Å². The molecule has 3 N–H and O–H groups in total. The summed E-state index contributed by atoms with van der Waals surface area (Å²) in [6.45, 7) is 2.21. The lowest BCUT2D eigenvalue weighted by molar-refractivity contribution is 0.0996. The van der Waals surface area contributed by atoms with Crippen LogP contribution in [0.15, 0.2) is 42.6 Å². The first kappa shape index (κ1) is 21.3. The molecule has 0 radical (unpaired) electrons. The van der Waals surface area contributed by atoms with Crippen LogP contribution in [0, 0.1) is 12.7 Å². The zero-order chi connectivity index (χ0) is 23.1. The first-order valence-corrected chi connectivity index (χ1v) is 11.1. The Kier molecular flexibility index (Phi) is 5.46. The zero-order valence-electron chi connectivity index (χ0n) is 18.6. The number of hydrogen-bond acceptors (Lipinski definition) is 6. The molecule has 5 rings (SSSR count). The van der Waals surface area contributed by atoms with Crippen molar-refractivity contribution >= 4 is 17.5 Å². The number of rotatable bonds is 5. The van der Waals surface area contributed by atoms with E-state index in [4.69, 9.17) is 15.5 Å². The number of nitrogens with two attached hydrogens (primary N) is 1. The molecule has 3 aromatic rings. The standard InChI is InChI=1S/C25H26FN5O2/c1-14-11-21(29-19-7-4-6-18(19)27)30-22(12-14)31-13-16-15(25(31)32)9-10-28-24(16)23-17(26)5-3-8-20(23)33-2/h3,5,8-12,18-19H,4,6-7,13,27H2,1-2H3,(H,29,30)/t18-,19+/m0/s1. The average molecular weight is 448 g/mol. The summed E-state index contributed by atoms with van der Waals surface area (Å²) in [5.41, 5.74) is 8.98. The number of nitrogens with zero attached hydrogens (tertiary/aromatic N) is 3. The van der Waals surface area contributed by atoms with Crippen molar-refractivity contribution in [1.82, 2.24) is 9.97 Å². The molecule has 0 bridgehead atoms. The highest BCUT2D eigenvalue weighted by atomic mass is 19.1. The lowest BCUT2D eigenvalue weighted by Gasteiger charge is -2.21. The fourth-order valence-corrected chi connectivity index (χ4v) is 4.75. The Hall–Kier alpha value is -3.52. The monoisotopic (exact) mass is 447 g/mol. The Bertz CT molecular complexity index is 1230. The predicted octanol–water partition coefficient (Wildman–Crippen LogP) is 4.05. The van der Waals surface area contributed by atoms with E-state index < -0.39 is 5.82 Å². The smallest absolute Gasteiger partial charge is 0.260 e. The highest BCUT2D eigenvalue weighted by Gasteiger charge is 2.34. The Labute approximate surface area is 191 Å². The van der Waals surface area contributed by atoms with Gasteiger partial charge in [0.2, 0.25) is 0 Å². The van der Waals surface area contributed by atoms with Gasteiger partial charge in [0.1, 0.15) is 23.2 Å². The van der Waals surface area contributed by atoms with E-state index in [1.54, 1.807) is 23.1 Å². The largest absolute Gasteiger partial charge is 0.496 e. The van der Waals surface area contributed by atoms with Gasteiger partial charge in [-0.3, -0.25) is 14.7 Å². The van der Waals surface area contributed by atoms with E-state index in [0.717, 1.165) is 24.8 Å². The number of carbonyl (C=O) groups excluding carboxylic acids is 1. The van der Waals surface area contributed by atoms with Gasteiger partial charge in [0.15, 0.2) is 0 Å². The number of benzene rings is 1. The number of ether oxygens (including phenoxy) is 1. The van der Waals surface area contributed by atoms with Crippen molar-refractivity contribution in [1.29, 1.82) is 0 Å². The molecule has 0 unspecified atom stereocenters. The predicted molar refractivity (Wildman–Crippen MR) is 125 cm³/mol. The minimum atomic E-state index is -0.450. The van der Waals surface area contributed by atoms with Crippen LogP contribution in [-0.2, 0) is 6.54 Å². The molecule has 3 heterocycles. The van der Waals surface area contributed by atoms with Crippen LogP contribution in [0.2, 0.25) is 0 Å². The number of nitrogens with one attached hydrogen (secondary N) is 1. The Balaban J connectivity index is 1.51. The third-order valence-electron chi connectivity index (χ3n) is 6.42. The molecule has 1 aromatic carbocycles. The molecule has 1 saturated carbocycles. The summed E-state index contributed by atoms with van der Waals surface area (Å²) >= 11 is 0. The van der Waals surface area contributed by atoms with Gasteiger partial charge in [-0.15, -0.1) is 0 Å². The van der Waals surface area contributed by atoms with E-state index in [1.165, 1.54) is 19.4 Å². The second kappa shape index (κ2) is 8.44. The molecule has 2 atom stereocenters. The minimum absolute atomic E-state index is 0.0952. The summed E-state index contributed by atoms with van der Waals surface area (Å²) in [4.78, 5) is 24.1. The molecule has 1 fully saturated rings. The third kappa shape index (κ3) is 3.80. The molecule has 33 heavy (non-hydrogen) atoms. The van der Waals surface area contributed by atoms with Gasteiger partial charge in [0, 0.05) is 29.4 Å². The molecular formula is C25H26FN5O2. The number of anilines is 2. The van der Waals surface area contributed by atoms with E-state index in [9.17, 15) is 9.18 Å². The van der Waals surface area contributed by atoms with Crippen molar-refractivity contribution in [2.75, 3.05) is 17.3 Å². The molecule has 0 saturated heterocycles. The Morgan fingerprint density at radius 1 is 1.24 bits per heavy atom. The molecule has 0 spiro atoms. The summed E-state index contributed by atoms with van der Waals surface area (Å²) in [5.74, 6) is 0.969. The third-order valence-corrected chi connectivity index (χ3v) is 6.42. The van der Waals surface area contributed by atoms with E-state index in [-0.39, 0.29) is 30.1 Å². The highest BCUT2D eigenvalue weighted by Crippen LogP contribution is 2.38.